The van der Waals surface area contributed by atoms with E-state index in [0.717, 1.165) is 22.4 Å². The quantitative estimate of drug-likeness (QED) is 0.466. The van der Waals surface area contributed by atoms with Gasteiger partial charge in [0.2, 0.25) is 0 Å². The van der Waals surface area contributed by atoms with Gasteiger partial charge in [-0.1, -0.05) is 32.0 Å². The van der Waals surface area contributed by atoms with E-state index in [2.05, 4.69) is 25.2 Å². The van der Waals surface area contributed by atoms with Gasteiger partial charge >= 0.3 is 0 Å². The van der Waals surface area contributed by atoms with Gasteiger partial charge in [0.25, 0.3) is 15.9 Å². The summed E-state index contributed by atoms with van der Waals surface area (Å²) in [7, 11) is -0.517. The lowest BCUT2D eigenvalue weighted by Crippen LogP contribution is -2.28. The highest BCUT2D eigenvalue weighted by molar-refractivity contribution is 7.92. The summed E-state index contributed by atoms with van der Waals surface area (Å²) in [5, 5.41) is 3.05. The lowest BCUT2D eigenvalue weighted by Gasteiger charge is -2.22. The van der Waals surface area contributed by atoms with Gasteiger partial charge < -0.3 is 10.1 Å². The molecule has 3 rings (SSSR count). The summed E-state index contributed by atoms with van der Waals surface area (Å²) in [6.07, 6.45) is 0. The standard InChI is InChI=1S/C27H32N2O4S/c1-18(2)24-17-25(19(3)16-26(24)33-6)20(4)28-27(30)21-12-14-22(15-13-21)29(5)34(31,32)23-10-8-7-9-11-23/h7-18,20H,1-6H3,(H,28,30)/t20-/m1/s1. The van der Waals surface area contributed by atoms with Crippen molar-refractivity contribution in [3.63, 3.8) is 0 Å². The van der Waals surface area contributed by atoms with Crippen LogP contribution in [0.5, 0.6) is 5.75 Å². The first-order valence-electron chi connectivity index (χ1n) is 11.2. The van der Waals surface area contributed by atoms with Crippen molar-refractivity contribution in [1.82, 2.24) is 5.32 Å². The molecule has 0 aliphatic rings. The molecule has 1 N–H and O–H groups in total. The van der Waals surface area contributed by atoms with Crippen LogP contribution >= 0.6 is 0 Å². The average Bonchev–Trinajstić information content (AvgIpc) is 2.83. The fourth-order valence-corrected chi connectivity index (χ4v) is 5.10. The normalized spacial score (nSPS) is 12.3. The molecule has 0 fully saturated rings. The van der Waals surface area contributed by atoms with E-state index in [1.54, 1.807) is 61.7 Å². The molecule has 1 amide bonds. The van der Waals surface area contributed by atoms with Gasteiger partial charge in [0, 0.05) is 12.6 Å². The molecule has 0 radical (unpaired) electrons. The number of hydrogen-bond donors (Lipinski definition) is 1. The number of amides is 1. The number of rotatable bonds is 8. The van der Waals surface area contributed by atoms with Crippen molar-refractivity contribution in [2.24, 2.45) is 0 Å². The third-order valence-corrected chi connectivity index (χ3v) is 7.75. The molecule has 3 aromatic rings. The van der Waals surface area contributed by atoms with Gasteiger partial charge in [-0.3, -0.25) is 9.10 Å². The Labute approximate surface area is 202 Å². The first-order chi connectivity index (χ1) is 16.1. The zero-order valence-corrected chi connectivity index (χ0v) is 21.3. The van der Waals surface area contributed by atoms with Crippen molar-refractivity contribution in [3.05, 3.63) is 89.0 Å². The SMILES string of the molecule is COc1cc(C)c([C@@H](C)NC(=O)c2ccc(N(C)S(=O)(=O)c3ccccc3)cc2)cc1C(C)C. The predicted molar refractivity (Wildman–Crippen MR) is 136 cm³/mol. The molecule has 34 heavy (non-hydrogen) atoms. The molecule has 0 heterocycles. The lowest BCUT2D eigenvalue weighted by molar-refractivity contribution is 0.0940. The van der Waals surface area contributed by atoms with Gasteiger partial charge in [-0.15, -0.1) is 0 Å². The monoisotopic (exact) mass is 480 g/mol. The average molecular weight is 481 g/mol. The first kappa shape index (κ1) is 25.3. The van der Waals surface area contributed by atoms with Crippen LogP contribution in [0.3, 0.4) is 0 Å². The van der Waals surface area contributed by atoms with Crippen molar-refractivity contribution in [2.45, 2.75) is 44.6 Å². The van der Waals surface area contributed by atoms with E-state index < -0.39 is 10.0 Å². The van der Waals surface area contributed by atoms with Gasteiger partial charge in [0.1, 0.15) is 5.75 Å². The third kappa shape index (κ3) is 5.25. The molecule has 0 spiro atoms. The van der Waals surface area contributed by atoms with E-state index in [0.29, 0.717) is 11.3 Å². The molecule has 0 aromatic heterocycles. The second-order valence-corrected chi connectivity index (χ2v) is 10.6. The maximum Gasteiger partial charge on any atom is 0.264 e. The highest BCUT2D eigenvalue weighted by Gasteiger charge is 2.22. The number of nitrogens with one attached hydrogen (secondary N) is 1. The molecule has 0 aliphatic carbocycles. The molecule has 180 valence electrons. The van der Waals surface area contributed by atoms with Gasteiger partial charge in [-0.2, -0.15) is 0 Å². The summed E-state index contributed by atoms with van der Waals surface area (Å²) < 4.78 is 32.4. The van der Waals surface area contributed by atoms with E-state index in [1.807, 2.05) is 19.9 Å². The Hall–Kier alpha value is -3.32. The van der Waals surface area contributed by atoms with Crippen molar-refractivity contribution >= 4 is 21.6 Å². The summed E-state index contributed by atoms with van der Waals surface area (Å²) in [5.74, 6) is 0.905. The number of sulfonamides is 1. The topological polar surface area (TPSA) is 75.7 Å². The molecule has 0 saturated heterocycles. The zero-order chi connectivity index (χ0) is 25.0. The molecule has 1 atom stereocenters. The second kappa shape index (κ2) is 10.3. The number of nitrogens with zero attached hydrogens (tertiary/aromatic N) is 1. The minimum Gasteiger partial charge on any atom is -0.496 e. The number of aryl methyl sites for hydroxylation is 1. The molecule has 3 aromatic carbocycles. The van der Waals surface area contributed by atoms with Gasteiger partial charge in [-0.25, -0.2) is 8.42 Å². The van der Waals surface area contributed by atoms with Crippen LogP contribution in [0.4, 0.5) is 5.69 Å². The Balaban J connectivity index is 1.77. The molecule has 0 unspecified atom stereocenters. The zero-order valence-electron chi connectivity index (χ0n) is 20.5. The predicted octanol–water partition coefficient (Wildman–Crippen LogP) is 5.44. The Bertz CT molecular complexity index is 1250. The minimum absolute atomic E-state index is 0.211. The molecule has 0 aliphatic heterocycles. The summed E-state index contributed by atoms with van der Waals surface area (Å²) in [6, 6.07) is 18.7. The summed E-state index contributed by atoms with van der Waals surface area (Å²) in [6.45, 7) is 8.17. The van der Waals surface area contributed by atoms with Crippen LogP contribution in [-0.4, -0.2) is 28.5 Å². The third-order valence-electron chi connectivity index (χ3n) is 5.95. The number of ether oxygens (including phenoxy) is 1. The van der Waals surface area contributed by atoms with Crippen LogP contribution in [0.25, 0.3) is 0 Å². The fraction of sp³-hybridized carbons (Fsp3) is 0.296. The number of benzene rings is 3. The molecular weight excluding hydrogens is 448 g/mol. The number of carbonyl (C=O) groups excluding carboxylic acids is 1. The molecule has 0 saturated carbocycles. The van der Waals surface area contributed by atoms with Gasteiger partial charge in [-0.05, 0) is 85.0 Å². The van der Waals surface area contributed by atoms with Crippen LogP contribution in [0.15, 0.2) is 71.6 Å². The minimum atomic E-state index is -3.68. The van der Waals surface area contributed by atoms with Crippen LogP contribution in [0.1, 0.15) is 59.8 Å². The van der Waals surface area contributed by atoms with Crippen molar-refractivity contribution in [2.75, 3.05) is 18.5 Å². The Morgan fingerprint density at radius 2 is 1.56 bits per heavy atom. The van der Waals surface area contributed by atoms with E-state index in [9.17, 15) is 13.2 Å². The number of carbonyl (C=O) groups is 1. The van der Waals surface area contributed by atoms with Gasteiger partial charge in [0.15, 0.2) is 0 Å². The van der Waals surface area contributed by atoms with Gasteiger partial charge in [0.05, 0.1) is 23.7 Å². The van der Waals surface area contributed by atoms with E-state index >= 15 is 0 Å². The van der Waals surface area contributed by atoms with E-state index in [4.69, 9.17) is 4.74 Å². The maximum atomic E-state index is 12.9. The number of anilines is 1. The first-order valence-corrected chi connectivity index (χ1v) is 12.6. The smallest absolute Gasteiger partial charge is 0.264 e. The van der Waals surface area contributed by atoms with Crippen molar-refractivity contribution < 1.29 is 17.9 Å². The summed E-state index contributed by atoms with van der Waals surface area (Å²) in [5.41, 5.74) is 4.09. The number of hydrogen-bond acceptors (Lipinski definition) is 4. The molecule has 0 bridgehead atoms. The van der Waals surface area contributed by atoms with Crippen LogP contribution < -0.4 is 14.4 Å². The molecular formula is C27H32N2O4S. The van der Waals surface area contributed by atoms with Crippen LogP contribution in [0, 0.1) is 6.92 Å². The lowest BCUT2D eigenvalue weighted by atomic mass is 9.93. The fourth-order valence-electron chi connectivity index (χ4n) is 3.88. The van der Waals surface area contributed by atoms with Crippen LogP contribution in [-0.2, 0) is 10.0 Å². The Kier molecular flexibility index (Phi) is 7.67. The maximum absolute atomic E-state index is 12.9. The van der Waals surface area contributed by atoms with Crippen molar-refractivity contribution in [3.8, 4) is 5.75 Å². The van der Waals surface area contributed by atoms with E-state index in [1.165, 1.54) is 11.4 Å². The summed E-state index contributed by atoms with van der Waals surface area (Å²) >= 11 is 0. The van der Waals surface area contributed by atoms with Crippen LogP contribution in [0.2, 0.25) is 0 Å². The highest BCUT2D eigenvalue weighted by atomic mass is 32.2. The Morgan fingerprint density at radius 1 is 0.941 bits per heavy atom. The number of methoxy groups -OCH3 is 1. The second-order valence-electron chi connectivity index (χ2n) is 8.63. The molecule has 6 nitrogen and oxygen atoms in total. The Morgan fingerprint density at radius 3 is 2.12 bits per heavy atom. The summed E-state index contributed by atoms with van der Waals surface area (Å²) in [4.78, 5) is 13.1. The van der Waals surface area contributed by atoms with Crippen molar-refractivity contribution in [1.29, 1.82) is 0 Å². The molecule has 7 heteroatoms. The largest absolute Gasteiger partial charge is 0.496 e. The van der Waals surface area contributed by atoms with E-state index in [-0.39, 0.29) is 22.8 Å². The highest BCUT2D eigenvalue weighted by Crippen LogP contribution is 2.32.